The second kappa shape index (κ2) is 5.86. The standard InChI is InChI=1S/C13H9BrClFN2S/c14-8-5-4-7(15)6-11(8)18-10-3-1-2-9(16)12(10)13(17)19/h1-6,18H,(H2,17,19). The number of nitrogens with one attached hydrogen (secondary N) is 1. The summed E-state index contributed by atoms with van der Waals surface area (Å²) >= 11 is 14.2. The zero-order valence-electron chi connectivity index (χ0n) is 9.58. The van der Waals surface area contributed by atoms with Gasteiger partial charge >= 0.3 is 0 Å². The molecule has 0 spiro atoms. The number of rotatable bonds is 3. The molecule has 0 saturated heterocycles. The zero-order chi connectivity index (χ0) is 14.0. The van der Waals surface area contributed by atoms with Gasteiger partial charge in [-0.05, 0) is 46.3 Å². The largest absolute Gasteiger partial charge is 0.389 e. The van der Waals surface area contributed by atoms with E-state index in [0.29, 0.717) is 16.4 Å². The SMILES string of the molecule is NC(=S)c1c(F)cccc1Nc1cc(Cl)ccc1Br. The summed E-state index contributed by atoms with van der Waals surface area (Å²) in [6, 6.07) is 9.86. The average molecular weight is 360 g/mol. The van der Waals surface area contributed by atoms with E-state index in [1.54, 1.807) is 30.3 Å². The second-order valence-electron chi connectivity index (χ2n) is 3.78. The Bertz CT molecular complexity index is 649. The van der Waals surface area contributed by atoms with Crippen molar-refractivity contribution in [1.29, 1.82) is 0 Å². The van der Waals surface area contributed by atoms with Crippen molar-refractivity contribution in [3.8, 4) is 0 Å². The third kappa shape index (κ3) is 3.23. The van der Waals surface area contributed by atoms with Gasteiger partial charge in [0.25, 0.3) is 0 Å². The minimum absolute atomic E-state index is 0.00116. The van der Waals surface area contributed by atoms with Crippen molar-refractivity contribution in [2.75, 3.05) is 5.32 Å². The van der Waals surface area contributed by atoms with E-state index in [2.05, 4.69) is 21.2 Å². The molecule has 19 heavy (non-hydrogen) atoms. The molecule has 0 amide bonds. The molecule has 0 saturated carbocycles. The lowest BCUT2D eigenvalue weighted by molar-refractivity contribution is 0.626. The van der Waals surface area contributed by atoms with Gasteiger partial charge in [0.1, 0.15) is 10.8 Å². The van der Waals surface area contributed by atoms with Crippen molar-refractivity contribution in [1.82, 2.24) is 0 Å². The predicted molar refractivity (Wildman–Crippen MR) is 84.7 cm³/mol. The molecule has 0 fully saturated rings. The minimum atomic E-state index is -0.462. The summed E-state index contributed by atoms with van der Waals surface area (Å²) in [5, 5.41) is 3.63. The molecule has 0 bridgehead atoms. The van der Waals surface area contributed by atoms with E-state index >= 15 is 0 Å². The Hall–Kier alpha value is -1.17. The molecule has 0 unspecified atom stereocenters. The van der Waals surface area contributed by atoms with E-state index in [4.69, 9.17) is 29.6 Å². The van der Waals surface area contributed by atoms with Crippen LogP contribution in [0.25, 0.3) is 0 Å². The van der Waals surface area contributed by atoms with Crippen LogP contribution >= 0.6 is 39.7 Å². The number of anilines is 2. The third-order valence-corrected chi connectivity index (χ3v) is 3.59. The molecule has 6 heteroatoms. The summed E-state index contributed by atoms with van der Waals surface area (Å²) in [6.07, 6.45) is 0. The van der Waals surface area contributed by atoms with Crippen LogP contribution in [0.1, 0.15) is 5.56 Å². The summed E-state index contributed by atoms with van der Waals surface area (Å²) in [5.74, 6) is -0.462. The molecule has 0 atom stereocenters. The highest BCUT2D eigenvalue weighted by Crippen LogP contribution is 2.30. The summed E-state index contributed by atoms with van der Waals surface area (Å²) < 4.78 is 14.5. The van der Waals surface area contributed by atoms with E-state index in [0.717, 1.165) is 4.47 Å². The molecule has 2 aromatic carbocycles. The number of hydrogen-bond acceptors (Lipinski definition) is 2. The van der Waals surface area contributed by atoms with Crippen LogP contribution in [0.2, 0.25) is 5.02 Å². The van der Waals surface area contributed by atoms with E-state index in [9.17, 15) is 4.39 Å². The first-order valence-corrected chi connectivity index (χ1v) is 6.87. The molecule has 2 rings (SSSR count). The number of thiocarbonyl (C=S) groups is 1. The first kappa shape index (κ1) is 14.2. The van der Waals surface area contributed by atoms with Crippen LogP contribution < -0.4 is 11.1 Å². The Morgan fingerprint density at radius 2 is 2.00 bits per heavy atom. The monoisotopic (exact) mass is 358 g/mol. The maximum Gasteiger partial charge on any atom is 0.135 e. The maximum absolute atomic E-state index is 13.7. The number of hydrogen-bond donors (Lipinski definition) is 2. The van der Waals surface area contributed by atoms with Gasteiger partial charge in [0.2, 0.25) is 0 Å². The van der Waals surface area contributed by atoms with Gasteiger partial charge in [0.05, 0.1) is 16.9 Å². The highest BCUT2D eigenvalue weighted by Gasteiger charge is 2.12. The topological polar surface area (TPSA) is 38.0 Å². The summed E-state index contributed by atoms with van der Waals surface area (Å²) in [5.41, 5.74) is 6.94. The van der Waals surface area contributed by atoms with Gasteiger partial charge in [-0.1, -0.05) is 29.9 Å². The Kier molecular flexibility index (Phi) is 4.39. The summed E-state index contributed by atoms with van der Waals surface area (Å²) in [7, 11) is 0. The number of halogens is 3. The Morgan fingerprint density at radius 1 is 1.26 bits per heavy atom. The van der Waals surface area contributed by atoms with Crippen molar-refractivity contribution in [2.45, 2.75) is 0 Å². The van der Waals surface area contributed by atoms with Gasteiger partial charge in [-0.25, -0.2) is 4.39 Å². The van der Waals surface area contributed by atoms with E-state index < -0.39 is 5.82 Å². The summed E-state index contributed by atoms with van der Waals surface area (Å²) in [4.78, 5) is -0.00116. The lowest BCUT2D eigenvalue weighted by Crippen LogP contribution is -2.14. The first-order chi connectivity index (χ1) is 8.99. The minimum Gasteiger partial charge on any atom is -0.389 e. The lowest BCUT2D eigenvalue weighted by Gasteiger charge is -2.13. The van der Waals surface area contributed by atoms with Crippen LogP contribution in [0.3, 0.4) is 0 Å². The molecular weight excluding hydrogens is 351 g/mol. The van der Waals surface area contributed by atoms with Crippen molar-refractivity contribution >= 4 is 56.1 Å². The van der Waals surface area contributed by atoms with Gasteiger partial charge in [-0.15, -0.1) is 0 Å². The fourth-order valence-corrected chi connectivity index (χ4v) is 2.34. The van der Waals surface area contributed by atoms with Crippen LogP contribution in [-0.2, 0) is 0 Å². The molecule has 2 nitrogen and oxygen atoms in total. The van der Waals surface area contributed by atoms with Crippen molar-refractivity contribution in [2.24, 2.45) is 5.73 Å². The van der Waals surface area contributed by atoms with Gasteiger partial charge in [0.15, 0.2) is 0 Å². The fourth-order valence-electron chi connectivity index (χ4n) is 1.62. The molecule has 0 aliphatic rings. The quantitative estimate of drug-likeness (QED) is 0.785. The van der Waals surface area contributed by atoms with Crippen LogP contribution in [0, 0.1) is 5.82 Å². The summed E-state index contributed by atoms with van der Waals surface area (Å²) in [6.45, 7) is 0. The molecule has 0 radical (unpaired) electrons. The molecule has 0 aliphatic heterocycles. The maximum atomic E-state index is 13.7. The Balaban J connectivity index is 2.46. The highest BCUT2D eigenvalue weighted by molar-refractivity contribution is 9.10. The molecule has 0 aromatic heterocycles. The van der Waals surface area contributed by atoms with E-state index in [-0.39, 0.29) is 10.6 Å². The molecule has 0 heterocycles. The molecule has 98 valence electrons. The van der Waals surface area contributed by atoms with Gasteiger partial charge in [-0.3, -0.25) is 0 Å². The first-order valence-electron chi connectivity index (χ1n) is 5.29. The Morgan fingerprint density at radius 3 is 2.68 bits per heavy atom. The zero-order valence-corrected chi connectivity index (χ0v) is 12.7. The molecule has 2 aromatic rings. The highest BCUT2D eigenvalue weighted by atomic mass is 79.9. The second-order valence-corrected chi connectivity index (χ2v) is 5.51. The van der Waals surface area contributed by atoms with Gasteiger partial charge in [-0.2, -0.15) is 0 Å². The van der Waals surface area contributed by atoms with E-state index in [1.807, 2.05) is 0 Å². The fraction of sp³-hybridized carbons (Fsp3) is 0. The van der Waals surface area contributed by atoms with Crippen molar-refractivity contribution in [3.63, 3.8) is 0 Å². The third-order valence-electron chi connectivity index (χ3n) is 2.46. The van der Waals surface area contributed by atoms with Crippen LogP contribution in [0.15, 0.2) is 40.9 Å². The number of nitrogens with two attached hydrogens (primary N) is 1. The van der Waals surface area contributed by atoms with Gasteiger partial charge in [0, 0.05) is 9.50 Å². The van der Waals surface area contributed by atoms with Gasteiger partial charge < -0.3 is 11.1 Å². The number of benzene rings is 2. The molecule has 0 aliphatic carbocycles. The Labute approximate surface area is 128 Å². The van der Waals surface area contributed by atoms with E-state index in [1.165, 1.54) is 6.07 Å². The lowest BCUT2D eigenvalue weighted by atomic mass is 10.1. The van der Waals surface area contributed by atoms with Crippen LogP contribution in [0.4, 0.5) is 15.8 Å². The van der Waals surface area contributed by atoms with Crippen molar-refractivity contribution in [3.05, 3.63) is 57.3 Å². The van der Waals surface area contributed by atoms with Crippen LogP contribution in [-0.4, -0.2) is 4.99 Å². The smallest absolute Gasteiger partial charge is 0.135 e. The average Bonchev–Trinajstić information content (AvgIpc) is 2.33. The van der Waals surface area contributed by atoms with Crippen molar-refractivity contribution < 1.29 is 4.39 Å². The molecular formula is C13H9BrClFN2S. The predicted octanol–water partition coefficient (Wildman–Crippen LogP) is 4.62. The normalized spacial score (nSPS) is 10.3. The molecule has 3 N–H and O–H groups in total. The van der Waals surface area contributed by atoms with Crippen LogP contribution in [0.5, 0.6) is 0 Å².